The maximum Gasteiger partial charge on any atom is 0.262 e. The molecule has 2 aromatic carbocycles. The van der Waals surface area contributed by atoms with Crippen LogP contribution in [0.15, 0.2) is 64.5 Å². The highest BCUT2D eigenvalue weighted by molar-refractivity contribution is 7.99. The topological polar surface area (TPSA) is 72.5 Å². The largest absolute Gasteiger partial charge is 0.312 e. The molecule has 0 bridgehead atoms. The van der Waals surface area contributed by atoms with Crippen molar-refractivity contribution in [2.75, 3.05) is 17.2 Å². The summed E-state index contributed by atoms with van der Waals surface area (Å²) in [6.07, 6.45) is 0.810. The Morgan fingerprint density at radius 1 is 1.03 bits per heavy atom. The molecule has 0 saturated carbocycles. The first-order valence-electron chi connectivity index (χ1n) is 10.0. The number of rotatable bonds is 7. The second kappa shape index (κ2) is 8.71. The van der Waals surface area contributed by atoms with Gasteiger partial charge in [-0.3, -0.25) is 18.6 Å². The summed E-state index contributed by atoms with van der Waals surface area (Å²) in [5.74, 6) is 0.729. The van der Waals surface area contributed by atoms with Crippen molar-refractivity contribution in [2.24, 2.45) is 0 Å². The molecule has 8 heteroatoms. The molecule has 4 rings (SSSR count). The van der Waals surface area contributed by atoms with Gasteiger partial charge in [-0.05, 0) is 37.6 Å². The van der Waals surface area contributed by atoms with Crippen LogP contribution in [0, 0.1) is 0 Å². The molecule has 154 valence electrons. The maximum absolute atomic E-state index is 12.9. The van der Waals surface area contributed by atoms with Gasteiger partial charge in [0.1, 0.15) is 0 Å². The minimum absolute atomic E-state index is 0.00312. The van der Waals surface area contributed by atoms with Crippen molar-refractivity contribution in [3.8, 4) is 0 Å². The molecule has 0 aliphatic carbocycles. The lowest BCUT2D eigenvalue weighted by Gasteiger charge is -2.20. The van der Waals surface area contributed by atoms with Gasteiger partial charge < -0.3 is 4.90 Å². The van der Waals surface area contributed by atoms with E-state index >= 15 is 0 Å². The number of nitrogens with zero attached hydrogens (tertiary/aromatic N) is 5. The Labute approximate surface area is 178 Å². The van der Waals surface area contributed by atoms with Crippen LogP contribution in [-0.4, -0.2) is 37.4 Å². The van der Waals surface area contributed by atoms with Crippen LogP contribution in [0.3, 0.4) is 0 Å². The zero-order valence-corrected chi connectivity index (χ0v) is 17.8. The van der Waals surface area contributed by atoms with Gasteiger partial charge in [-0.15, -0.1) is 10.2 Å². The molecule has 0 N–H and O–H groups in total. The van der Waals surface area contributed by atoms with E-state index in [1.54, 1.807) is 9.47 Å². The number of hydrogen-bond acceptors (Lipinski definition) is 5. The number of aryl methyl sites for hydroxylation is 1. The van der Waals surface area contributed by atoms with Gasteiger partial charge in [0.15, 0.2) is 5.16 Å². The SMILES string of the molecule is CCCn1c(=O)c2ccccc2n2c(SCC(=O)N(CC)c3ccccc3)nnc12. The molecule has 0 atom stereocenters. The van der Waals surface area contributed by atoms with E-state index in [4.69, 9.17) is 0 Å². The first-order chi connectivity index (χ1) is 14.7. The lowest BCUT2D eigenvalue weighted by Crippen LogP contribution is -2.32. The van der Waals surface area contributed by atoms with Gasteiger partial charge in [-0.25, -0.2) is 0 Å². The number of carbonyl (C=O) groups is 1. The van der Waals surface area contributed by atoms with Crippen molar-refractivity contribution in [3.63, 3.8) is 0 Å². The molecule has 0 spiro atoms. The molecule has 2 heterocycles. The minimum atomic E-state index is -0.0683. The van der Waals surface area contributed by atoms with Crippen molar-refractivity contribution < 1.29 is 4.79 Å². The van der Waals surface area contributed by atoms with Crippen molar-refractivity contribution >= 4 is 40.0 Å². The zero-order valence-electron chi connectivity index (χ0n) is 17.0. The number of amides is 1. The normalized spacial score (nSPS) is 11.3. The summed E-state index contributed by atoms with van der Waals surface area (Å²) < 4.78 is 3.53. The average Bonchev–Trinajstić information content (AvgIpc) is 3.20. The summed E-state index contributed by atoms with van der Waals surface area (Å²) in [7, 11) is 0. The smallest absolute Gasteiger partial charge is 0.262 e. The average molecular weight is 422 g/mol. The number of anilines is 1. The minimum Gasteiger partial charge on any atom is -0.312 e. The van der Waals surface area contributed by atoms with Crippen LogP contribution in [0.4, 0.5) is 5.69 Å². The maximum atomic E-state index is 12.9. The summed E-state index contributed by atoms with van der Waals surface area (Å²) >= 11 is 1.33. The van der Waals surface area contributed by atoms with E-state index in [9.17, 15) is 9.59 Å². The molecular formula is C22H23N5O2S. The molecule has 4 aromatic rings. The molecule has 7 nitrogen and oxygen atoms in total. The van der Waals surface area contributed by atoms with E-state index in [0.717, 1.165) is 17.6 Å². The highest BCUT2D eigenvalue weighted by Gasteiger charge is 2.19. The van der Waals surface area contributed by atoms with Crippen molar-refractivity contribution in [1.82, 2.24) is 19.2 Å². The summed E-state index contributed by atoms with van der Waals surface area (Å²) in [6.45, 7) is 5.13. The number of carbonyl (C=O) groups excluding carboxylic acids is 1. The molecule has 2 aromatic heterocycles. The predicted octanol–water partition coefficient (Wildman–Crippen LogP) is 3.60. The van der Waals surface area contributed by atoms with E-state index in [1.807, 2.05) is 72.8 Å². The Hall–Kier alpha value is -3.13. The Bertz CT molecular complexity index is 1250. The molecule has 0 aliphatic rings. The van der Waals surface area contributed by atoms with Gasteiger partial charge >= 0.3 is 0 Å². The number of benzene rings is 2. The number of fused-ring (bicyclic) bond motifs is 3. The lowest BCUT2D eigenvalue weighted by atomic mass is 10.2. The van der Waals surface area contributed by atoms with Crippen molar-refractivity contribution in [1.29, 1.82) is 0 Å². The van der Waals surface area contributed by atoms with Gasteiger partial charge in [0.05, 0.1) is 16.7 Å². The molecule has 0 saturated heterocycles. The zero-order chi connectivity index (χ0) is 21.1. The summed E-state index contributed by atoms with van der Waals surface area (Å²) in [4.78, 5) is 27.5. The highest BCUT2D eigenvalue weighted by Crippen LogP contribution is 2.23. The second-order valence-electron chi connectivity index (χ2n) is 6.85. The summed E-state index contributed by atoms with van der Waals surface area (Å²) in [6, 6.07) is 17.1. The van der Waals surface area contributed by atoms with Crippen LogP contribution in [0.5, 0.6) is 0 Å². The van der Waals surface area contributed by atoms with Crippen LogP contribution >= 0.6 is 11.8 Å². The van der Waals surface area contributed by atoms with E-state index in [0.29, 0.717) is 29.4 Å². The fourth-order valence-electron chi connectivity index (χ4n) is 3.57. The number of thioether (sulfide) groups is 1. The molecule has 30 heavy (non-hydrogen) atoms. The van der Waals surface area contributed by atoms with E-state index in [-0.39, 0.29) is 17.2 Å². The van der Waals surface area contributed by atoms with Gasteiger partial charge in [0, 0.05) is 18.8 Å². The first-order valence-corrected chi connectivity index (χ1v) is 11.0. The van der Waals surface area contributed by atoms with Gasteiger partial charge in [0.2, 0.25) is 11.7 Å². The van der Waals surface area contributed by atoms with Gasteiger partial charge in [0.25, 0.3) is 5.56 Å². The third-order valence-electron chi connectivity index (χ3n) is 4.94. The van der Waals surface area contributed by atoms with E-state index < -0.39 is 0 Å². The Morgan fingerprint density at radius 2 is 1.77 bits per heavy atom. The van der Waals surface area contributed by atoms with Crippen molar-refractivity contribution in [2.45, 2.75) is 32.0 Å². The highest BCUT2D eigenvalue weighted by atomic mass is 32.2. The van der Waals surface area contributed by atoms with E-state index in [1.165, 1.54) is 11.8 Å². The number of aromatic nitrogens is 4. The van der Waals surface area contributed by atoms with E-state index in [2.05, 4.69) is 10.2 Å². The monoisotopic (exact) mass is 421 g/mol. The Kier molecular flexibility index (Phi) is 5.85. The predicted molar refractivity (Wildman–Crippen MR) is 120 cm³/mol. The Balaban J connectivity index is 1.70. The molecule has 0 radical (unpaired) electrons. The van der Waals surface area contributed by atoms with Crippen LogP contribution in [0.2, 0.25) is 0 Å². The van der Waals surface area contributed by atoms with Gasteiger partial charge in [-0.2, -0.15) is 0 Å². The summed E-state index contributed by atoms with van der Waals surface area (Å²) in [5, 5.41) is 9.80. The first kappa shape index (κ1) is 20.2. The quantitative estimate of drug-likeness (QED) is 0.426. The fourth-order valence-corrected chi connectivity index (χ4v) is 4.38. The molecule has 0 fully saturated rings. The Morgan fingerprint density at radius 3 is 2.50 bits per heavy atom. The third-order valence-corrected chi connectivity index (χ3v) is 5.85. The van der Waals surface area contributed by atoms with Crippen LogP contribution in [-0.2, 0) is 11.3 Å². The third kappa shape index (κ3) is 3.59. The second-order valence-corrected chi connectivity index (χ2v) is 7.80. The number of hydrogen-bond donors (Lipinski definition) is 0. The standard InChI is InChI=1S/C22H23N5O2S/c1-3-14-26-20(29)17-12-8-9-13-18(17)27-21(26)23-24-22(27)30-15-19(28)25(4-2)16-10-6-5-7-11-16/h5-13H,3-4,14-15H2,1-2H3. The van der Waals surface area contributed by atoms with Crippen molar-refractivity contribution in [3.05, 3.63) is 65.0 Å². The molecule has 1 amide bonds. The van der Waals surface area contributed by atoms with Crippen LogP contribution in [0.1, 0.15) is 20.3 Å². The molecule has 0 aliphatic heterocycles. The molecular weight excluding hydrogens is 398 g/mol. The fraction of sp³-hybridized carbons (Fsp3) is 0.273. The summed E-state index contributed by atoms with van der Waals surface area (Å²) in [5.41, 5.74) is 1.56. The van der Waals surface area contributed by atoms with Crippen LogP contribution in [0.25, 0.3) is 16.7 Å². The molecule has 0 unspecified atom stereocenters. The lowest BCUT2D eigenvalue weighted by molar-refractivity contribution is -0.116. The van der Waals surface area contributed by atoms with Gasteiger partial charge in [-0.1, -0.05) is 49.0 Å². The number of para-hydroxylation sites is 2. The van der Waals surface area contributed by atoms with Crippen LogP contribution < -0.4 is 10.5 Å².